The van der Waals surface area contributed by atoms with Crippen molar-refractivity contribution < 1.29 is 28.7 Å². The van der Waals surface area contributed by atoms with Gasteiger partial charge in [0.25, 0.3) is 0 Å². The van der Waals surface area contributed by atoms with Crippen LogP contribution in [0.4, 0.5) is 0 Å². The number of rotatable bonds is 8. The number of hydrogen-bond acceptors (Lipinski definition) is 8. The summed E-state index contributed by atoms with van der Waals surface area (Å²) in [5.74, 6) is -1.37. The number of halogens is 2. The number of thioether (sulfide) groups is 2. The summed E-state index contributed by atoms with van der Waals surface area (Å²) in [5, 5.41) is 1.14. The van der Waals surface area contributed by atoms with Crippen LogP contribution in [0.25, 0.3) is 0 Å². The van der Waals surface area contributed by atoms with Crippen LogP contribution in [0, 0.1) is 10.8 Å². The molecule has 2 aromatic carbocycles. The van der Waals surface area contributed by atoms with E-state index in [0.29, 0.717) is 45.5 Å². The Morgan fingerprint density at radius 2 is 0.976 bits per heavy atom. The van der Waals surface area contributed by atoms with Gasteiger partial charge in [0, 0.05) is 57.7 Å². The van der Waals surface area contributed by atoms with E-state index in [2.05, 4.69) is 0 Å². The Morgan fingerprint density at radius 3 is 1.31 bits per heavy atom. The lowest BCUT2D eigenvalue weighted by atomic mass is 9.79. The normalized spacial score (nSPS) is 18.4. The Labute approximate surface area is 263 Å². The van der Waals surface area contributed by atoms with E-state index in [9.17, 15) is 19.2 Å². The van der Waals surface area contributed by atoms with E-state index in [1.54, 1.807) is 48.5 Å². The standard InChI is InChI=1S/C32H30Cl2O6S2/c1-31(2)15-23(35)29(41-21-9-5-19(33)6-10-21)25(17-31)39-27(37)13-14-28(38)40-26-18-32(3,4)16-24(36)30(26)42-22-11-7-20(34)8-12-22/h5-14H,15-18H2,1-4H3. The number of Topliss-reactive ketones (excluding diaryl/α,β-unsaturated/α-hetero) is 2. The predicted molar refractivity (Wildman–Crippen MR) is 166 cm³/mol. The Bertz CT molecular complexity index is 1390. The molecule has 0 bridgehead atoms. The highest BCUT2D eigenvalue weighted by atomic mass is 35.5. The van der Waals surface area contributed by atoms with E-state index in [4.69, 9.17) is 32.7 Å². The average Bonchev–Trinajstić information content (AvgIpc) is 2.88. The first kappa shape index (κ1) is 32.1. The lowest BCUT2D eigenvalue weighted by Crippen LogP contribution is -2.27. The fourth-order valence-electron chi connectivity index (χ4n) is 4.58. The molecule has 0 unspecified atom stereocenters. The molecule has 4 rings (SSSR count). The second-order valence-corrected chi connectivity index (χ2v) is 14.7. The van der Waals surface area contributed by atoms with Gasteiger partial charge in [0.1, 0.15) is 11.5 Å². The van der Waals surface area contributed by atoms with Crippen molar-refractivity contribution in [3.05, 3.63) is 92.1 Å². The summed E-state index contributed by atoms with van der Waals surface area (Å²) in [6.07, 6.45) is 3.30. The SMILES string of the molecule is CC1(C)CC(=O)C(Sc2ccc(Cl)cc2)=C(OC(=O)C=CC(=O)OC2=C(Sc3ccc(Cl)cc3)C(=O)CC(C)(C)C2)C1. The summed E-state index contributed by atoms with van der Waals surface area (Å²) in [5.41, 5.74) is -0.797. The van der Waals surface area contributed by atoms with Crippen molar-refractivity contribution in [2.75, 3.05) is 0 Å². The second-order valence-electron chi connectivity index (χ2n) is 11.7. The molecule has 42 heavy (non-hydrogen) atoms. The van der Waals surface area contributed by atoms with Crippen LogP contribution in [-0.4, -0.2) is 23.5 Å². The highest BCUT2D eigenvalue weighted by Crippen LogP contribution is 2.44. The minimum absolute atomic E-state index is 0.125. The number of hydrogen-bond donors (Lipinski definition) is 0. The van der Waals surface area contributed by atoms with Gasteiger partial charge in [-0.25, -0.2) is 9.59 Å². The maximum atomic E-state index is 13.0. The smallest absolute Gasteiger partial charge is 0.336 e. The Balaban J connectivity index is 1.50. The van der Waals surface area contributed by atoms with E-state index < -0.39 is 22.8 Å². The van der Waals surface area contributed by atoms with Gasteiger partial charge in [0.15, 0.2) is 11.6 Å². The van der Waals surface area contributed by atoms with Gasteiger partial charge in [-0.2, -0.15) is 0 Å². The van der Waals surface area contributed by atoms with Gasteiger partial charge in [-0.15, -0.1) is 0 Å². The Morgan fingerprint density at radius 1 is 0.643 bits per heavy atom. The molecule has 0 heterocycles. The van der Waals surface area contributed by atoms with E-state index in [0.717, 1.165) is 21.9 Å². The largest absolute Gasteiger partial charge is 0.427 e. The Hall–Kier alpha value is -2.78. The zero-order chi connectivity index (χ0) is 30.7. The molecular weight excluding hydrogens is 615 g/mol. The number of allylic oxidation sites excluding steroid dienone is 4. The van der Waals surface area contributed by atoms with Crippen LogP contribution in [0.1, 0.15) is 53.4 Å². The topological polar surface area (TPSA) is 86.7 Å². The third kappa shape index (κ3) is 8.86. The molecule has 10 heteroatoms. The first-order valence-corrected chi connectivity index (χ1v) is 15.6. The molecule has 220 valence electrons. The second kappa shape index (κ2) is 13.2. The summed E-state index contributed by atoms with van der Waals surface area (Å²) >= 11 is 14.4. The number of carbonyl (C=O) groups is 4. The van der Waals surface area contributed by atoms with Crippen LogP contribution in [0.3, 0.4) is 0 Å². The minimum atomic E-state index is -0.813. The van der Waals surface area contributed by atoms with E-state index in [-0.39, 0.29) is 23.1 Å². The fourth-order valence-corrected chi connectivity index (χ4v) is 6.67. The quantitative estimate of drug-likeness (QED) is 0.208. The molecule has 0 amide bonds. The number of ether oxygens (including phenoxy) is 2. The van der Waals surface area contributed by atoms with E-state index in [1.165, 1.54) is 23.5 Å². The van der Waals surface area contributed by atoms with Gasteiger partial charge >= 0.3 is 11.9 Å². The molecule has 2 aliphatic carbocycles. The average molecular weight is 646 g/mol. The minimum Gasteiger partial charge on any atom is -0.427 e. The van der Waals surface area contributed by atoms with Crippen LogP contribution in [0.15, 0.2) is 91.8 Å². The number of benzene rings is 2. The highest BCUT2D eigenvalue weighted by molar-refractivity contribution is 8.04. The molecule has 0 N–H and O–H groups in total. The van der Waals surface area contributed by atoms with Crippen molar-refractivity contribution >= 4 is 70.2 Å². The molecule has 0 atom stereocenters. The molecular formula is C32H30Cl2O6S2. The van der Waals surface area contributed by atoms with Crippen molar-refractivity contribution in [2.45, 2.75) is 63.2 Å². The molecule has 2 aromatic rings. The monoisotopic (exact) mass is 644 g/mol. The third-order valence-electron chi connectivity index (χ3n) is 6.44. The van der Waals surface area contributed by atoms with E-state index in [1.807, 2.05) is 27.7 Å². The molecule has 6 nitrogen and oxygen atoms in total. The Kier molecular flexibility index (Phi) is 10.1. The molecule has 0 fully saturated rings. The zero-order valence-corrected chi connectivity index (χ0v) is 26.8. The van der Waals surface area contributed by atoms with E-state index >= 15 is 0 Å². The van der Waals surface area contributed by atoms with Gasteiger partial charge in [-0.05, 0) is 59.4 Å². The first-order chi connectivity index (χ1) is 19.7. The van der Waals surface area contributed by atoms with Gasteiger partial charge in [-0.1, -0.05) is 74.4 Å². The van der Waals surface area contributed by atoms with Crippen molar-refractivity contribution in [1.29, 1.82) is 0 Å². The molecule has 2 aliphatic rings. The van der Waals surface area contributed by atoms with Gasteiger partial charge < -0.3 is 9.47 Å². The summed E-state index contributed by atoms with van der Waals surface area (Å²) in [6.45, 7) is 7.71. The molecule has 0 aliphatic heterocycles. The van der Waals surface area contributed by atoms with Crippen molar-refractivity contribution in [1.82, 2.24) is 0 Å². The lowest BCUT2D eigenvalue weighted by molar-refractivity contribution is -0.137. The summed E-state index contributed by atoms with van der Waals surface area (Å²) in [7, 11) is 0. The van der Waals surface area contributed by atoms with Crippen LogP contribution >= 0.6 is 46.7 Å². The van der Waals surface area contributed by atoms with Crippen LogP contribution in [0.5, 0.6) is 0 Å². The van der Waals surface area contributed by atoms with Crippen molar-refractivity contribution in [2.24, 2.45) is 10.8 Å². The lowest BCUT2D eigenvalue weighted by Gasteiger charge is -2.31. The number of carbonyl (C=O) groups excluding carboxylic acids is 4. The number of ketones is 2. The maximum absolute atomic E-state index is 13.0. The first-order valence-electron chi connectivity index (χ1n) is 13.2. The third-order valence-corrected chi connectivity index (χ3v) is 9.28. The summed E-state index contributed by atoms with van der Waals surface area (Å²) in [4.78, 5) is 53.8. The predicted octanol–water partition coefficient (Wildman–Crippen LogP) is 8.72. The summed E-state index contributed by atoms with van der Waals surface area (Å²) < 4.78 is 11.2. The molecule has 0 aromatic heterocycles. The molecule has 0 saturated carbocycles. The van der Waals surface area contributed by atoms with Crippen LogP contribution in [-0.2, 0) is 28.7 Å². The van der Waals surface area contributed by atoms with Crippen molar-refractivity contribution in [3.8, 4) is 0 Å². The number of esters is 2. The van der Waals surface area contributed by atoms with Crippen molar-refractivity contribution in [3.63, 3.8) is 0 Å². The molecule has 0 saturated heterocycles. The van der Waals surface area contributed by atoms with Gasteiger partial charge in [-0.3, -0.25) is 9.59 Å². The highest BCUT2D eigenvalue weighted by Gasteiger charge is 2.36. The van der Waals surface area contributed by atoms with Crippen LogP contribution < -0.4 is 0 Å². The molecule has 0 spiro atoms. The van der Waals surface area contributed by atoms with Crippen LogP contribution in [0.2, 0.25) is 10.0 Å². The zero-order valence-electron chi connectivity index (χ0n) is 23.6. The summed E-state index contributed by atoms with van der Waals surface area (Å²) in [6, 6.07) is 14.0. The maximum Gasteiger partial charge on any atom is 0.336 e. The van der Waals surface area contributed by atoms with Gasteiger partial charge in [0.05, 0.1) is 9.81 Å². The molecule has 0 radical (unpaired) electrons. The van der Waals surface area contributed by atoms with Gasteiger partial charge in [0.2, 0.25) is 0 Å². The fraction of sp³-hybridized carbons (Fsp3) is 0.312.